The highest BCUT2D eigenvalue weighted by Crippen LogP contribution is 2.26. The van der Waals surface area contributed by atoms with Gasteiger partial charge >= 0.3 is 0 Å². The van der Waals surface area contributed by atoms with Crippen molar-refractivity contribution >= 4 is 38.9 Å². The van der Waals surface area contributed by atoms with Gasteiger partial charge in [0.05, 0.1) is 23.4 Å². The summed E-state index contributed by atoms with van der Waals surface area (Å²) in [4.78, 5) is 12.6. The zero-order valence-corrected chi connectivity index (χ0v) is 19.5. The van der Waals surface area contributed by atoms with Crippen LogP contribution in [0.4, 0.5) is 5.69 Å². The standard InChI is InChI=1S/C23H22ClN3O5S/c1-16(21-5-3-4-6-22(21)28)25-26-23(29)15-27(18-9-7-17(24)8-10-18)33(30,31)20-13-11-19(32-2)12-14-20/h3-14,28H,15H2,1-2H3,(H,26,29)/b25-16-. The fraction of sp³-hybridized carbons (Fsp3) is 0.130. The first-order valence-corrected chi connectivity index (χ1v) is 11.6. The van der Waals surface area contributed by atoms with Gasteiger partial charge in [-0.15, -0.1) is 0 Å². The third-order valence-corrected chi connectivity index (χ3v) is 6.73. The molecule has 8 nitrogen and oxygen atoms in total. The van der Waals surface area contributed by atoms with E-state index in [9.17, 15) is 18.3 Å². The highest BCUT2D eigenvalue weighted by atomic mass is 35.5. The molecule has 0 saturated carbocycles. The molecule has 0 aliphatic rings. The molecule has 0 fully saturated rings. The first kappa shape index (κ1) is 24.1. The Balaban J connectivity index is 1.88. The maximum absolute atomic E-state index is 13.4. The lowest BCUT2D eigenvalue weighted by Gasteiger charge is -2.24. The molecule has 10 heteroatoms. The second-order valence-corrected chi connectivity index (χ2v) is 9.21. The van der Waals surface area contributed by atoms with Crippen LogP contribution in [0, 0.1) is 0 Å². The molecule has 0 spiro atoms. The minimum absolute atomic E-state index is 0.0119. The third-order valence-electron chi connectivity index (χ3n) is 4.69. The van der Waals surface area contributed by atoms with Crippen LogP contribution in [0.15, 0.2) is 82.8 Å². The number of anilines is 1. The quantitative estimate of drug-likeness (QED) is 0.371. The molecular formula is C23H22ClN3O5S. The number of sulfonamides is 1. The predicted octanol–water partition coefficient (Wildman–Crippen LogP) is 3.79. The Morgan fingerprint density at radius 3 is 2.30 bits per heavy atom. The van der Waals surface area contributed by atoms with Gasteiger partial charge in [-0.05, 0) is 67.6 Å². The molecule has 3 rings (SSSR count). The van der Waals surface area contributed by atoms with Gasteiger partial charge in [-0.25, -0.2) is 13.8 Å². The molecule has 0 saturated heterocycles. The average Bonchev–Trinajstić information content (AvgIpc) is 2.82. The highest BCUT2D eigenvalue weighted by molar-refractivity contribution is 7.92. The van der Waals surface area contributed by atoms with Crippen LogP contribution in [0.25, 0.3) is 0 Å². The van der Waals surface area contributed by atoms with E-state index in [1.165, 1.54) is 61.7 Å². The minimum Gasteiger partial charge on any atom is -0.507 e. The van der Waals surface area contributed by atoms with Crippen molar-refractivity contribution in [2.75, 3.05) is 18.0 Å². The van der Waals surface area contributed by atoms with E-state index in [0.717, 1.165) is 4.31 Å². The summed E-state index contributed by atoms with van der Waals surface area (Å²) in [7, 11) is -2.62. The summed E-state index contributed by atoms with van der Waals surface area (Å²) < 4.78 is 32.8. The Morgan fingerprint density at radius 2 is 1.70 bits per heavy atom. The van der Waals surface area contributed by atoms with Crippen molar-refractivity contribution in [3.8, 4) is 11.5 Å². The molecular weight excluding hydrogens is 466 g/mol. The summed E-state index contributed by atoms with van der Waals surface area (Å²) in [5, 5.41) is 14.3. The number of hydrogen-bond donors (Lipinski definition) is 2. The molecule has 0 bridgehead atoms. The number of carbonyl (C=O) groups excluding carboxylic acids is 1. The van der Waals surface area contributed by atoms with E-state index in [2.05, 4.69) is 10.5 Å². The van der Waals surface area contributed by atoms with Gasteiger partial charge in [-0.2, -0.15) is 5.10 Å². The predicted molar refractivity (Wildman–Crippen MR) is 127 cm³/mol. The van der Waals surface area contributed by atoms with E-state index in [0.29, 0.717) is 22.0 Å². The number of carbonyl (C=O) groups is 1. The maximum Gasteiger partial charge on any atom is 0.264 e. The molecule has 0 aliphatic carbocycles. The first-order chi connectivity index (χ1) is 15.7. The molecule has 1 amide bonds. The van der Waals surface area contributed by atoms with Crippen LogP contribution >= 0.6 is 11.6 Å². The zero-order valence-electron chi connectivity index (χ0n) is 17.9. The molecule has 3 aromatic carbocycles. The largest absolute Gasteiger partial charge is 0.507 e. The van der Waals surface area contributed by atoms with Crippen LogP contribution in [0.2, 0.25) is 5.02 Å². The average molecular weight is 488 g/mol. The number of para-hydroxylation sites is 1. The van der Waals surface area contributed by atoms with Crippen LogP contribution in [0.3, 0.4) is 0 Å². The molecule has 0 radical (unpaired) electrons. The van der Waals surface area contributed by atoms with Crippen LogP contribution in [-0.4, -0.2) is 38.8 Å². The van der Waals surface area contributed by atoms with Crippen molar-refractivity contribution < 1.29 is 23.1 Å². The van der Waals surface area contributed by atoms with E-state index in [1.54, 1.807) is 25.1 Å². The second kappa shape index (κ2) is 10.4. The fourth-order valence-electron chi connectivity index (χ4n) is 2.95. The molecule has 0 heterocycles. The Hall–Kier alpha value is -3.56. The second-order valence-electron chi connectivity index (χ2n) is 6.91. The van der Waals surface area contributed by atoms with E-state index in [1.807, 2.05) is 0 Å². The number of aromatic hydroxyl groups is 1. The number of amides is 1. The molecule has 0 atom stereocenters. The molecule has 3 aromatic rings. The SMILES string of the molecule is COc1ccc(S(=O)(=O)N(CC(=O)N/N=C(/C)c2ccccc2O)c2ccc(Cl)cc2)cc1. The monoisotopic (exact) mass is 487 g/mol. The van der Waals surface area contributed by atoms with Crippen molar-refractivity contribution in [1.82, 2.24) is 5.43 Å². The van der Waals surface area contributed by atoms with Gasteiger partial charge in [0.2, 0.25) is 0 Å². The minimum atomic E-state index is -4.10. The molecule has 172 valence electrons. The van der Waals surface area contributed by atoms with E-state index >= 15 is 0 Å². The number of halogens is 1. The van der Waals surface area contributed by atoms with Crippen LogP contribution < -0.4 is 14.5 Å². The van der Waals surface area contributed by atoms with E-state index < -0.39 is 22.5 Å². The number of ether oxygens (including phenoxy) is 1. The summed E-state index contributed by atoms with van der Waals surface area (Å²) in [6.07, 6.45) is 0. The Kier molecular flexibility index (Phi) is 7.57. The van der Waals surface area contributed by atoms with Gasteiger partial charge in [-0.3, -0.25) is 9.10 Å². The fourth-order valence-corrected chi connectivity index (χ4v) is 4.50. The van der Waals surface area contributed by atoms with Gasteiger partial charge in [-0.1, -0.05) is 23.7 Å². The number of methoxy groups -OCH3 is 1. The molecule has 0 unspecified atom stereocenters. The molecule has 0 aromatic heterocycles. The van der Waals surface area contributed by atoms with Crippen molar-refractivity contribution in [1.29, 1.82) is 0 Å². The van der Waals surface area contributed by atoms with Gasteiger partial charge in [0.25, 0.3) is 15.9 Å². The highest BCUT2D eigenvalue weighted by Gasteiger charge is 2.27. The number of hydrazone groups is 1. The number of nitrogens with one attached hydrogen (secondary N) is 1. The van der Waals surface area contributed by atoms with Crippen molar-refractivity contribution in [3.63, 3.8) is 0 Å². The van der Waals surface area contributed by atoms with Crippen LogP contribution in [-0.2, 0) is 14.8 Å². The van der Waals surface area contributed by atoms with Gasteiger partial charge in [0.1, 0.15) is 18.0 Å². The lowest BCUT2D eigenvalue weighted by molar-refractivity contribution is -0.119. The van der Waals surface area contributed by atoms with E-state index in [4.69, 9.17) is 16.3 Å². The van der Waals surface area contributed by atoms with Crippen molar-refractivity contribution in [2.24, 2.45) is 5.10 Å². The summed E-state index contributed by atoms with van der Waals surface area (Å²) in [5.74, 6) is -0.159. The topological polar surface area (TPSA) is 108 Å². The number of nitrogens with zero attached hydrogens (tertiary/aromatic N) is 2. The Bertz CT molecular complexity index is 1260. The van der Waals surface area contributed by atoms with E-state index in [-0.39, 0.29) is 16.3 Å². The maximum atomic E-state index is 13.4. The van der Waals surface area contributed by atoms with Crippen LogP contribution in [0.5, 0.6) is 11.5 Å². The zero-order chi connectivity index (χ0) is 24.0. The molecule has 2 N–H and O–H groups in total. The Morgan fingerprint density at radius 1 is 1.06 bits per heavy atom. The van der Waals surface area contributed by atoms with Crippen molar-refractivity contribution in [2.45, 2.75) is 11.8 Å². The lowest BCUT2D eigenvalue weighted by Crippen LogP contribution is -2.39. The summed E-state index contributed by atoms with van der Waals surface area (Å²) in [6, 6.07) is 18.5. The number of phenols is 1. The van der Waals surface area contributed by atoms with Crippen LogP contribution in [0.1, 0.15) is 12.5 Å². The third kappa shape index (κ3) is 5.82. The van der Waals surface area contributed by atoms with Gasteiger partial charge in [0.15, 0.2) is 0 Å². The lowest BCUT2D eigenvalue weighted by atomic mass is 10.1. The van der Waals surface area contributed by atoms with Gasteiger partial charge < -0.3 is 9.84 Å². The Labute approximate surface area is 197 Å². The number of phenolic OH excluding ortho intramolecular Hbond substituents is 1. The number of hydrogen-bond acceptors (Lipinski definition) is 6. The first-order valence-electron chi connectivity index (χ1n) is 9.76. The summed E-state index contributed by atoms with van der Waals surface area (Å²) in [6.45, 7) is 1.08. The summed E-state index contributed by atoms with van der Waals surface area (Å²) >= 11 is 5.94. The smallest absolute Gasteiger partial charge is 0.264 e. The number of benzene rings is 3. The molecule has 33 heavy (non-hydrogen) atoms. The van der Waals surface area contributed by atoms with Crippen molar-refractivity contribution in [3.05, 3.63) is 83.4 Å². The van der Waals surface area contributed by atoms with Gasteiger partial charge in [0, 0.05) is 10.6 Å². The normalized spacial score (nSPS) is 11.7. The molecule has 0 aliphatic heterocycles. The summed E-state index contributed by atoms with van der Waals surface area (Å²) in [5.41, 5.74) is 3.41. The number of rotatable bonds is 8.